The largest absolute Gasteiger partial charge is 0.465 e. The fraction of sp³-hybridized carbons (Fsp3) is 0.643. The average molecular weight is 343 g/mol. The van der Waals surface area contributed by atoms with Crippen LogP contribution in [0.3, 0.4) is 0 Å². The number of halogens is 2. The van der Waals surface area contributed by atoms with Crippen LogP contribution in [0.1, 0.15) is 12.1 Å². The maximum atomic E-state index is 12.8. The summed E-state index contributed by atoms with van der Waals surface area (Å²) in [4.78, 5) is 26.1. The van der Waals surface area contributed by atoms with E-state index in [0.717, 1.165) is 5.69 Å². The summed E-state index contributed by atoms with van der Waals surface area (Å²) < 4.78 is 27.3. The van der Waals surface area contributed by atoms with Gasteiger partial charge in [0.1, 0.15) is 11.9 Å². The molecule has 3 rings (SSSR count). The van der Waals surface area contributed by atoms with Crippen molar-refractivity contribution in [1.82, 2.24) is 20.0 Å². The van der Waals surface area contributed by atoms with Gasteiger partial charge in [-0.2, -0.15) is 5.10 Å². The normalized spacial score (nSPS) is 23.4. The van der Waals surface area contributed by atoms with Gasteiger partial charge < -0.3 is 10.4 Å². The molecule has 10 heteroatoms. The monoisotopic (exact) mass is 343 g/mol. The number of amides is 2. The molecule has 1 aromatic rings. The molecule has 132 valence electrons. The van der Waals surface area contributed by atoms with Gasteiger partial charge in [0.25, 0.3) is 11.8 Å². The number of hydrogen-bond acceptors (Lipinski definition) is 4. The number of nitrogens with zero attached hydrogens (tertiary/aromatic N) is 4. The van der Waals surface area contributed by atoms with Crippen molar-refractivity contribution in [2.24, 2.45) is 0 Å². The number of carbonyl (C=O) groups excluding carboxylic acids is 1. The first kappa shape index (κ1) is 16.6. The number of aryl methyl sites for hydroxylation is 1. The lowest BCUT2D eigenvalue weighted by molar-refractivity contribution is -0.129. The second-order valence-electron chi connectivity index (χ2n) is 6.22. The van der Waals surface area contributed by atoms with E-state index in [2.05, 4.69) is 10.4 Å². The van der Waals surface area contributed by atoms with Crippen molar-refractivity contribution in [2.45, 2.75) is 31.4 Å². The Hall–Kier alpha value is -2.23. The molecule has 2 N–H and O–H groups in total. The summed E-state index contributed by atoms with van der Waals surface area (Å²) in [6.45, 7) is 0.452. The molecule has 0 bridgehead atoms. The van der Waals surface area contributed by atoms with Gasteiger partial charge in [-0.3, -0.25) is 14.6 Å². The number of fused-ring (bicyclic) bond motifs is 1. The molecule has 0 aliphatic carbocycles. The first-order valence-electron chi connectivity index (χ1n) is 7.69. The van der Waals surface area contributed by atoms with Crippen molar-refractivity contribution in [3.8, 4) is 0 Å². The van der Waals surface area contributed by atoms with Gasteiger partial charge in [-0.1, -0.05) is 0 Å². The minimum absolute atomic E-state index is 0.221. The molecule has 8 nitrogen and oxygen atoms in total. The zero-order valence-corrected chi connectivity index (χ0v) is 13.2. The molecule has 0 saturated carbocycles. The van der Waals surface area contributed by atoms with E-state index < -0.39 is 18.1 Å². The molecule has 0 spiro atoms. The van der Waals surface area contributed by atoms with Crippen LogP contribution in [0.5, 0.6) is 0 Å². The summed E-state index contributed by atoms with van der Waals surface area (Å²) in [6, 6.07) is 0.944. The van der Waals surface area contributed by atoms with Gasteiger partial charge in [0.05, 0.1) is 18.8 Å². The molecule has 1 fully saturated rings. The number of carbonyl (C=O) groups is 2. The number of aromatic nitrogens is 2. The second-order valence-corrected chi connectivity index (χ2v) is 6.22. The van der Waals surface area contributed by atoms with Crippen LogP contribution in [-0.4, -0.2) is 70.4 Å². The number of rotatable bonds is 4. The molecule has 1 unspecified atom stereocenters. The molecular formula is C14H19F2N5O3. The van der Waals surface area contributed by atoms with E-state index in [1.54, 1.807) is 22.7 Å². The van der Waals surface area contributed by atoms with Crippen molar-refractivity contribution in [3.63, 3.8) is 0 Å². The first-order chi connectivity index (χ1) is 11.2. The van der Waals surface area contributed by atoms with Crippen LogP contribution in [0.25, 0.3) is 0 Å². The summed E-state index contributed by atoms with van der Waals surface area (Å²) in [5.74, 6) is -2.34. The third kappa shape index (κ3) is 3.32. The lowest BCUT2D eigenvalue weighted by Crippen LogP contribution is -2.56. The predicted octanol–water partition coefficient (Wildman–Crippen LogP) is 0.379. The quantitative estimate of drug-likeness (QED) is 0.825. The van der Waals surface area contributed by atoms with Crippen molar-refractivity contribution < 1.29 is 23.5 Å². The van der Waals surface area contributed by atoms with Crippen molar-refractivity contribution in [1.29, 1.82) is 0 Å². The van der Waals surface area contributed by atoms with E-state index in [1.807, 2.05) is 0 Å². The molecule has 1 atom stereocenters. The van der Waals surface area contributed by atoms with Gasteiger partial charge in [0.2, 0.25) is 0 Å². The van der Waals surface area contributed by atoms with Crippen molar-refractivity contribution in [3.05, 3.63) is 11.8 Å². The highest BCUT2D eigenvalue weighted by atomic mass is 19.3. The molecule has 1 aromatic heterocycles. The van der Waals surface area contributed by atoms with Gasteiger partial charge in [-0.05, 0) is 6.42 Å². The number of hydrogen-bond donors (Lipinski definition) is 2. The van der Waals surface area contributed by atoms with Crippen LogP contribution >= 0.6 is 0 Å². The van der Waals surface area contributed by atoms with Gasteiger partial charge in [0, 0.05) is 32.6 Å². The van der Waals surface area contributed by atoms with Crippen LogP contribution in [-0.2, 0) is 17.8 Å². The summed E-state index contributed by atoms with van der Waals surface area (Å²) in [5, 5.41) is 15.4. The minimum Gasteiger partial charge on any atom is -0.465 e. The average Bonchev–Trinajstić information content (AvgIpc) is 2.84. The smallest absolute Gasteiger partial charge is 0.405 e. The summed E-state index contributed by atoms with van der Waals surface area (Å²) in [6.07, 6.45) is -0.412. The van der Waals surface area contributed by atoms with Gasteiger partial charge in [-0.25, -0.2) is 18.3 Å². The Morgan fingerprint density at radius 2 is 2.21 bits per heavy atom. The van der Waals surface area contributed by atoms with E-state index in [-0.39, 0.29) is 19.0 Å². The van der Waals surface area contributed by atoms with E-state index in [9.17, 15) is 18.4 Å². The standard InChI is InChI=1S/C14H19F2N5O3/c1-19-11-6-9(2-4-20-7-14(15,16)8-20)18-21(11)5-3-10(12(19)22)17-13(23)24/h6,10,17H,2-5,7-8H2,1H3,(H,23,24). The van der Waals surface area contributed by atoms with Crippen LogP contribution < -0.4 is 10.2 Å². The highest BCUT2D eigenvalue weighted by Gasteiger charge is 2.43. The van der Waals surface area contributed by atoms with E-state index in [4.69, 9.17) is 5.11 Å². The summed E-state index contributed by atoms with van der Waals surface area (Å²) in [7, 11) is 1.57. The zero-order chi connectivity index (χ0) is 17.5. The van der Waals surface area contributed by atoms with Gasteiger partial charge in [0.15, 0.2) is 0 Å². The predicted molar refractivity (Wildman–Crippen MR) is 80.3 cm³/mol. The molecular weight excluding hydrogens is 324 g/mol. The number of anilines is 1. The van der Waals surface area contributed by atoms with Crippen LogP contribution in [0, 0.1) is 0 Å². The number of alkyl halides is 2. The van der Waals surface area contributed by atoms with Crippen molar-refractivity contribution >= 4 is 17.8 Å². The fourth-order valence-corrected chi connectivity index (χ4v) is 3.06. The number of likely N-dealkylation sites (tertiary alicyclic amines) is 1. The first-order valence-corrected chi connectivity index (χ1v) is 7.69. The highest BCUT2D eigenvalue weighted by molar-refractivity contribution is 5.97. The Morgan fingerprint density at radius 3 is 2.83 bits per heavy atom. The molecule has 2 aliphatic heterocycles. The molecule has 3 heterocycles. The van der Waals surface area contributed by atoms with Crippen LogP contribution in [0.2, 0.25) is 0 Å². The Kier molecular flexibility index (Phi) is 4.16. The summed E-state index contributed by atoms with van der Waals surface area (Å²) >= 11 is 0. The molecule has 2 amide bonds. The zero-order valence-electron chi connectivity index (χ0n) is 13.2. The Balaban J connectivity index is 1.64. The SMILES string of the molecule is CN1C(=O)C(NC(=O)O)CCn2nc(CCN3CC(F)(F)C3)cc21. The Morgan fingerprint density at radius 1 is 1.50 bits per heavy atom. The van der Waals surface area contributed by atoms with Gasteiger partial charge in [-0.15, -0.1) is 0 Å². The van der Waals surface area contributed by atoms with E-state index in [1.165, 1.54) is 4.90 Å². The molecule has 0 radical (unpaired) electrons. The number of likely N-dealkylation sites (N-methyl/N-ethyl adjacent to an activating group) is 1. The number of nitrogens with one attached hydrogen (secondary N) is 1. The Bertz CT molecular complexity index is 655. The minimum atomic E-state index is -2.58. The molecule has 1 saturated heterocycles. The van der Waals surface area contributed by atoms with Crippen LogP contribution in [0.4, 0.5) is 19.4 Å². The fourth-order valence-electron chi connectivity index (χ4n) is 3.06. The van der Waals surface area contributed by atoms with E-state index >= 15 is 0 Å². The third-order valence-electron chi connectivity index (χ3n) is 4.30. The summed E-state index contributed by atoms with van der Waals surface area (Å²) in [5.41, 5.74) is 0.726. The highest BCUT2D eigenvalue weighted by Crippen LogP contribution is 2.27. The van der Waals surface area contributed by atoms with Crippen LogP contribution in [0.15, 0.2) is 6.07 Å². The lowest BCUT2D eigenvalue weighted by Gasteiger charge is -2.38. The maximum Gasteiger partial charge on any atom is 0.405 e. The molecule has 2 aliphatic rings. The Labute approximate surface area is 137 Å². The number of carboxylic acid groups (broad SMARTS) is 1. The van der Waals surface area contributed by atoms with Crippen molar-refractivity contribution in [2.75, 3.05) is 31.6 Å². The van der Waals surface area contributed by atoms with Gasteiger partial charge >= 0.3 is 6.09 Å². The lowest BCUT2D eigenvalue weighted by atomic mass is 10.1. The maximum absolute atomic E-state index is 12.8. The topological polar surface area (TPSA) is 90.7 Å². The third-order valence-corrected chi connectivity index (χ3v) is 4.30. The second kappa shape index (κ2) is 6.00. The molecule has 24 heavy (non-hydrogen) atoms. The van der Waals surface area contributed by atoms with E-state index in [0.29, 0.717) is 31.7 Å². The molecule has 0 aromatic carbocycles.